The molecule has 0 saturated carbocycles. The number of rotatable bonds is 7. The van der Waals surface area contributed by atoms with Gasteiger partial charge >= 0.3 is 5.97 Å². The number of nitro groups is 2. The molecule has 2 N–H and O–H groups in total. The van der Waals surface area contributed by atoms with Crippen LogP contribution >= 0.6 is 0 Å². The summed E-state index contributed by atoms with van der Waals surface area (Å²) in [6, 6.07) is 10.1. The van der Waals surface area contributed by atoms with Crippen molar-refractivity contribution in [1.29, 1.82) is 0 Å². The monoisotopic (exact) mass is 414 g/mol. The third-order valence-corrected chi connectivity index (χ3v) is 3.52. The highest BCUT2D eigenvalue weighted by Crippen LogP contribution is 2.13. The van der Waals surface area contributed by atoms with Gasteiger partial charge in [0, 0.05) is 35.9 Å². The van der Waals surface area contributed by atoms with Gasteiger partial charge in [-0.1, -0.05) is 0 Å². The SMILES string of the molecule is O=C(COC(=O)/C=C/c1ccc([N+](=O)[O-])cc1)NNC(=O)c1ccc([N+](=O)[O-])cc1. The van der Waals surface area contributed by atoms with Crippen LogP contribution in [0.5, 0.6) is 0 Å². The van der Waals surface area contributed by atoms with Gasteiger partial charge < -0.3 is 4.74 Å². The van der Waals surface area contributed by atoms with Crippen molar-refractivity contribution in [2.24, 2.45) is 0 Å². The number of amides is 2. The molecule has 0 unspecified atom stereocenters. The summed E-state index contributed by atoms with van der Waals surface area (Å²) in [5.41, 5.74) is 4.40. The number of benzene rings is 2. The molecule has 0 aliphatic heterocycles. The van der Waals surface area contributed by atoms with E-state index in [9.17, 15) is 34.6 Å². The predicted molar refractivity (Wildman–Crippen MR) is 102 cm³/mol. The van der Waals surface area contributed by atoms with E-state index in [1.54, 1.807) is 0 Å². The molecule has 0 aliphatic rings. The number of nitro benzene ring substituents is 2. The van der Waals surface area contributed by atoms with Crippen LogP contribution in [-0.4, -0.2) is 34.2 Å². The van der Waals surface area contributed by atoms with Crippen molar-refractivity contribution in [2.45, 2.75) is 0 Å². The van der Waals surface area contributed by atoms with Gasteiger partial charge in [0.25, 0.3) is 23.2 Å². The lowest BCUT2D eigenvalue weighted by molar-refractivity contribution is -0.385. The minimum Gasteiger partial charge on any atom is -0.452 e. The van der Waals surface area contributed by atoms with Crippen LogP contribution in [0.2, 0.25) is 0 Å². The maximum absolute atomic E-state index is 11.8. The summed E-state index contributed by atoms with van der Waals surface area (Å²) in [6.45, 7) is -0.677. The van der Waals surface area contributed by atoms with Crippen LogP contribution < -0.4 is 10.9 Å². The molecule has 0 radical (unpaired) electrons. The Morgan fingerprint density at radius 1 is 0.867 bits per heavy atom. The van der Waals surface area contributed by atoms with E-state index in [2.05, 4.69) is 5.43 Å². The van der Waals surface area contributed by atoms with Crippen LogP contribution in [0.1, 0.15) is 15.9 Å². The largest absolute Gasteiger partial charge is 0.452 e. The summed E-state index contributed by atoms with van der Waals surface area (Å²) < 4.78 is 4.70. The second kappa shape index (κ2) is 10.1. The Hall–Kier alpha value is -4.61. The molecule has 0 heterocycles. The van der Waals surface area contributed by atoms with Crippen LogP contribution in [0.15, 0.2) is 54.6 Å². The van der Waals surface area contributed by atoms with Crippen molar-refractivity contribution in [1.82, 2.24) is 10.9 Å². The van der Waals surface area contributed by atoms with E-state index >= 15 is 0 Å². The third-order valence-electron chi connectivity index (χ3n) is 3.52. The third kappa shape index (κ3) is 6.53. The fourth-order valence-corrected chi connectivity index (χ4v) is 2.03. The molecular weight excluding hydrogens is 400 g/mol. The molecule has 0 fully saturated rings. The summed E-state index contributed by atoms with van der Waals surface area (Å²) >= 11 is 0. The van der Waals surface area contributed by atoms with Gasteiger partial charge in [0.15, 0.2) is 6.61 Å². The van der Waals surface area contributed by atoms with Gasteiger partial charge in [-0.25, -0.2) is 4.79 Å². The quantitative estimate of drug-likeness (QED) is 0.297. The zero-order valence-corrected chi connectivity index (χ0v) is 15.1. The highest BCUT2D eigenvalue weighted by molar-refractivity contribution is 5.96. The molecule has 2 aromatic rings. The number of carbonyl (C=O) groups is 3. The number of hydrazine groups is 1. The summed E-state index contributed by atoms with van der Waals surface area (Å²) in [4.78, 5) is 55.0. The van der Waals surface area contributed by atoms with Crippen LogP contribution in [0.25, 0.3) is 6.08 Å². The molecule has 0 aliphatic carbocycles. The standard InChI is InChI=1S/C18H14N4O8/c23-16(19-20-18(25)13-4-8-15(9-5-13)22(28)29)11-30-17(24)10-3-12-1-6-14(7-2-12)21(26)27/h1-10H,11H2,(H,19,23)(H,20,25)/b10-3+. The number of nitrogens with one attached hydrogen (secondary N) is 2. The Morgan fingerprint density at radius 2 is 1.40 bits per heavy atom. The molecule has 2 amide bonds. The second-order valence-electron chi connectivity index (χ2n) is 5.60. The minimum atomic E-state index is -0.842. The molecule has 154 valence electrons. The van der Waals surface area contributed by atoms with Crippen molar-refractivity contribution in [3.8, 4) is 0 Å². The maximum atomic E-state index is 11.8. The normalized spacial score (nSPS) is 10.3. The Bertz CT molecular complexity index is 1000. The van der Waals surface area contributed by atoms with Crippen LogP contribution in [-0.2, 0) is 14.3 Å². The van der Waals surface area contributed by atoms with Crippen LogP contribution in [0.4, 0.5) is 11.4 Å². The van der Waals surface area contributed by atoms with Gasteiger partial charge in [-0.3, -0.25) is 40.7 Å². The van der Waals surface area contributed by atoms with Crippen molar-refractivity contribution in [3.63, 3.8) is 0 Å². The van der Waals surface area contributed by atoms with Crippen LogP contribution in [0, 0.1) is 20.2 Å². The lowest BCUT2D eigenvalue weighted by Gasteiger charge is -2.07. The van der Waals surface area contributed by atoms with E-state index in [1.807, 2.05) is 5.43 Å². The molecule has 2 aromatic carbocycles. The lowest BCUT2D eigenvalue weighted by Crippen LogP contribution is -2.43. The molecular formula is C18H14N4O8. The number of carbonyl (C=O) groups excluding carboxylic acids is 3. The summed E-state index contributed by atoms with van der Waals surface area (Å²) in [5, 5.41) is 21.1. The van der Waals surface area contributed by atoms with Gasteiger partial charge in [-0.15, -0.1) is 0 Å². The highest BCUT2D eigenvalue weighted by atomic mass is 16.6. The summed E-state index contributed by atoms with van der Waals surface area (Å²) in [5.74, 6) is -2.38. The fraction of sp³-hybridized carbons (Fsp3) is 0.0556. The average molecular weight is 414 g/mol. The molecule has 0 spiro atoms. The van der Waals surface area contributed by atoms with E-state index in [1.165, 1.54) is 42.5 Å². The number of hydrogen-bond acceptors (Lipinski definition) is 8. The number of esters is 1. The van der Waals surface area contributed by atoms with Crippen molar-refractivity contribution in [2.75, 3.05) is 6.61 Å². The first kappa shape index (κ1) is 21.7. The first-order valence-electron chi connectivity index (χ1n) is 8.19. The van der Waals surface area contributed by atoms with E-state index in [0.717, 1.165) is 18.2 Å². The average Bonchev–Trinajstić information content (AvgIpc) is 2.74. The molecule has 0 bridgehead atoms. The maximum Gasteiger partial charge on any atom is 0.331 e. The van der Waals surface area contributed by atoms with Crippen molar-refractivity contribution >= 4 is 35.2 Å². The summed E-state index contributed by atoms with van der Waals surface area (Å²) in [6.07, 6.45) is 2.38. The van der Waals surface area contributed by atoms with Gasteiger partial charge in [0.2, 0.25) is 0 Å². The van der Waals surface area contributed by atoms with E-state index in [4.69, 9.17) is 4.74 Å². The van der Waals surface area contributed by atoms with Crippen molar-refractivity contribution < 1.29 is 29.0 Å². The van der Waals surface area contributed by atoms with E-state index in [0.29, 0.717) is 5.56 Å². The Balaban J connectivity index is 1.75. The van der Waals surface area contributed by atoms with Gasteiger partial charge in [-0.2, -0.15) is 0 Å². The number of nitrogens with zero attached hydrogens (tertiary/aromatic N) is 2. The Morgan fingerprint density at radius 3 is 1.93 bits per heavy atom. The molecule has 30 heavy (non-hydrogen) atoms. The zero-order valence-electron chi connectivity index (χ0n) is 15.1. The van der Waals surface area contributed by atoms with Gasteiger partial charge in [0.1, 0.15) is 0 Å². The van der Waals surface area contributed by atoms with Gasteiger partial charge in [0.05, 0.1) is 9.85 Å². The molecule has 0 aromatic heterocycles. The topological polar surface area (TPSA) is 171 Å². The molecule has 12 nitrogen and oxygen atoms in total. The number of non-ortho nitro benzene ring substituents is 2. The Labute approximate surface area is 168 Å². The number of ether oxygens (including phenoxy) is 1. The van der Waals surface area contributed by atoms with Gasteiger partial charge in [-0.05, 0) is 35.9 Å². The Kier molecular flexibility index (Phi) is 7.28. The lowest BCUT2D eigenvalue weighted by atomic mass is 10.2. The van der Waals surface area contributed by atoms with E-state index in [-0.39, 0.29) is 16.9 Å². The fourth-order valence-electron chi connectivity index (χ4n) is 2.03. The predicted octanol–water partition coefficient (Wildman–Crippen LogP) is 1.52. The molecule has 2 rings (SSSR count). The zero-order chi connectivity index (χ0) is 22.1. The first-order valence-corrected chi connectivity index (χ1v) is 8.19. The molecule has 0 saturated heterocycles. The van der Waals surface area contributed by atoms with E-state index < -0.39 is 34.2 Å². The smallest absolute Gasteiger partial charge is 0.331 e. The first-order chi connectivity index (χ1) is 14.3. The summed E-state index contributed by atoms with van der Waals surface area (Å²) in [7, 11) is 0. The number of hydrogen-bond donors (Lipinski definition) is 2. The second-order valence-corrected chi connectivity index (χ2v) is 5.60. The highest BCUT2D eigenvalue weighted by Gasteiger charge is 2.11. The molecule has 0 atom stereocenters. The van der Waals surface area contributed by atoms with Crippen molar-refractivity contribution in [3.05, 3.63) is 86.0 Å². The minimum absolute atomic E-state index is 0.0731. The molecule has 12 heteroatoms. The van der Waals surface area contributed by atoms with Crippen LogP contribution in [0.3, 0.4) is 0 Å².